The number of aliphatic imine (C=N–C) groups is 1. The van der Waals surface area contributed by atoms with Crippen molar-refractivity contribution in [2.24, 2.45) is 4.99 Å². The molecular weight excluding hydrogens is 342 g/mol. The molecule has 3 aliphatic rings. The molecule has 0 unspecified atom stereocenters. The zero-order valence-electron chi connectivity index (χ0n) is 15.1. The molecule has 0 aromatic carbocycles. The smallest absolute Gasteiger partial charge is 0.257 e. The van der Waals surface area contributed by atoms with Crippen LogP contribution in [0.5, 0.6) is 0 Å². The van der Waals surface area contributed by atoms with Crippen molar-refractivity contribution in [1.29, 1.82) is 0 Å². The second-order valence-electron chi connectivity index (χ2n) is 7.64. The number of amides is 1. The summed E-state index contributed by atoms with van der Waals surface area (Å²) in [5.41, 5.74) is 1.16. The number of anilines is 2. The average molecular weight is 365 g/mol. The summed E-state index contributed by atoms with van der Waals surface area (Å²) in [6, 6.07) is 6.01. The molecule has 1 atom stereocenters. The molecule has 1 aliphatic carbocycles. The van der Waals surface area contributed by atoms with E-state index < -0.39 is 5.54 Å². The molecule has 1 amide bonds. The number of furan rings is 1. The Kier molecular flexibility index (Phi) is 3.88. The van der Waals surface area contributed by atoms with Crippen LogP contribution in [0.3, 0.4) is 0 Å². The van der Waals surface area contributed by atoms with E-state index in [2.05, 4.69) is 15.6 Å². The topological polar surface area (TPSA) is 82.8 Å². The molecule has 2 aromatic rings. The Labute approximate surface area is 157 Å². The number of carbonyl (C=O) groups is 1. The van der Waals surface area contributed by atoms with Crippen molar-refractivity contribution in [3.63, 3.8) is 0 Å². The van der Waals surface area contributed by atoms with Crippen LogP contribution in [-0.4, -0.2) is 46.3 Å². The number of hydrogen-bond donors (Lipinski definition) is 2. The maximum atomic E-state index is 12.8. The van der Waals surface area contributed by atoms with Crippen LogP contribution in [-0.2, 0) is 0 Å². The summed E-state index contributed by atoms with van der Waals surface area (Å²) in [5.74, 6) is 1.72. The minimum absolute atomic E-state index is 0.000347. The van der Waals surface area contributed by atoms with E-state index >= 15 is 0 Å². The zero-order valence-corrected chi connectivity index (χ0v) is 15.1. The van der Waals surface area contributed by atoms with Gasteiger partial charge < -0.3 is 20.0 Å². The number of likely N-dealkylation sites (tertiary alicyclic amines) is 1. The molecule has 7 nitrogen and oxygen atoms in total. The second kappa shape index (κ2) is 6.40. The van der Waals surface area contributed by atoms with Gasteiger partial charge in [-0.1, -0.05) is 12.8 Å². The van der Waals surface area contributed by atoms with Crippen LogP contribution in [0, 0.1) is 0 Å². The fourth-order valence-electron chi connectivity index (χ4n) is 4.37. The molecule has 7 heteroatoms. The predicted octanol–water partition coefficient (Wildman–Crippen LogP) is 3.14. The monoisotopic (exact) mass is 365 g/mol. The van der Waals surface area contributed by atoms with E-state index in [1.165, 1.54) is 25.4 Å². The number of hydrogen-bond acceptors (Lipinski definition) is 5. The van der Waals surface area contributed by atoms with Crippen molar-refractivity contribution in [1.82, 2.24) is 9.88 Å². The lowest BCUT2D eigenvalue weighted by Crippen LogP contribution is -2.55. The Balaban J connectivity index is 1.47. The molecule has 4 heterocycles. The van der Waals surface area contributed by atoms with Crippen molar-refractivity contribution < 1.29 is 9.21 Å². The Morgan fingerprint density at radius 2 is 2.22 bits per heavy atom. The Morgan fingerprint density at radius 3 is 3.04 bits per heavy atom. The highest BCUT2D eigenvalue weighted by molar-refractivity contribution is 6.09. The number of rotatable bonds is 2. The second-order valence-corrected chi connectivity index (χ2v) is 7.64. The van der Waals surface area contributed by atoms with Gasteiger partial charge in [-0.15, -0.1) is 0 Å². The highest BCUT2D eigenvalue weighted by Gasteiger charge is 2.47. The van der Waals surface area contributed by atoms with Crippen molar-refractivity contribution in [2.75, 3.05) is 23.7 Å². The van der Waals surface area contributed by atoms with E-state index in [-0.39, 0.29) is 5.91 Å². The molecule has 1 saturated heterocycles. The minimum Gasteiger partial charge on any atom is -0.472 e. The van der Waals surface area contributed by atoms with Gasteiger partial charge in [-0.05, 0) is 37.5 Å². The van der Waals surface area contributed by atoms with Crippen LogP contribution in [0.1, 0.15) is 42.5 Å². The number of fused-ring (bicyclic) bond motifs is 1. The lowest BCUT2D eigenvalue weighted by Gasteiger charge is -2.38. The van der Waals surface area contributed by atoms with Crippen molar-refractivity contribution in [2.45, 2.75) is 43.7 Å². The summed E-state index contributed by atoms with van der Waals surface area (Å²) in [6.45, 7) is 1.25. The lowest BCUT2D eigenvalue weighted by molar-refractivity contribution is 0.0788. The molecule has 2 aromatic heterocycles. The first-order valence-corrected chi connectivity index (χ1v) is 9.63. The van der Waals surface area contributed by atoms with Crippen LogP contribution < -0.4 is 10.6 Å². The molecule has 0 radical (unpaired) electrons. The van der Waals surface area contributed by atoms with Gasteiger partial charge in [0.05, 0.1) is 30.1 Å². The third kappa shape index (κ3) is 2.87. The summed E-state index contributed by atoms with van der Waals surface area (Å²) in [6.07, 6.45) is 10.4. The molecule has 1 spiro atoms. The standard InChI is InChI=1S/C20H23N5O2/c26-18(14-7-11-27-12-14)25-10-8-20(13-25)19(22-15-4-1-2-5-15)23-17-16(24-20)6-3-9-21-17/h3,6-7,9,11-12,15,24H,1-2,4-5,8,10,13H2,(H,21,22,23)/t20-/m0/s1. The van der Waals surface area contributed by atoms with E-state index in [0.29, 0.717) is 24.7 Å². The Hall–Kier alpha value is -2.83. The third-order valence-electron chi connectivity index (χ3n) is 5.83. The average Bonchev–Trinajstić information content (AvgIpc) is 3.44. The molecule has 140 valence electrons. The van der Waals surface area contributed by atoms with Crippen molar-refractivity contribution >= 4 is 23.2 Å². The fraction of sp³-hybridized carbons (Fsp3) is 0.450. The molecule has 5 rings (SSSR count). The number of pyridine rings is 1. The van der Waals surface area contributed by atoms with Crippen LogP contribution in [0.2, 0.25) is 0 Å². The lowest BCUT2D eigenvalue weighted by atomic mass is 9.93. The minimum atomic E-state index is -0.391. The normalized spacial score (nSPS) is 26.2. The fourth-order valence-corrected chi connectivity index (χ4v) is 4.37. The van der Waals surface area contributed by atoms with Gasteiger partial charge in [-0.2, -0.15) is 0 Å². The molecule has 0 bridgehead atoms. The maximum absolute atomic E-state index is 12.8. The quantitative estimate of drug-likeness (QED) is 0.854. The van der Waals surface area contributed by atoms with Crippen molar-refractivity contribution in [3.05, 3.63) is 42.5 Å². The number of carbonyl (C=O) groups excluding carboxylic acids is 1. The first-order chi connectivity index (χ1) is 13.2. The number of nitrogens with one attached hydrogen (secondary N) is 2. The Morgan fingerprint density at radius 1 is 1.33 bits per heavy atom. The zero-order chi connectivity index (χ0) is 18.3. The molecule has 1 saturated carbocycles. The highest BCUT2D eigenvalue weighted by Crippen LogP contribution is 2.36. The molecule has 27 heavy (non-hydrogen) atoms. The van der Waals surface area contributed by atoms with Gasteiger partial charge in [0.2, 0.25) is 0 Å². The highest BCUT2D eigenvalue weighted by atomic mass is 16.3. The van der Waals surface area contributed by atoms with Gasteiger partial charge in [-0.3, -0.25) is 9.79 Å². The van der Waals surface area contributed by atoms with Gasteiger partial charge in [0.25, 0.3) is 5.91 Å². The van der Waals surface area contributed by atoms with Gasteiger partial charge in [0.15, 0.2) is 5.82 Å². The van der Waals surface area contributed by atoms with E-state index in [9.17, 15) is 4.79 Å². The van der Waals surface area contributed by atoms with E-state index in [0.717, 1.165) is 36.6 Å². The molecule has 2 fully saturated rings. The van der Waals surface area contributed by atoms with Crippen molar-refractivity contribution in [3.8, 4) is 0 Å². The van der Waals surface area contributed by atoms with Gasteiger partial charge >= 0.3 is 0 Å². The first kappa shape index (κ1) is 16.4. The van der Waals surface area contributed by atoms with Crippen LogP contribution in [0.4, 0.5) is 11.5 Å². The van der Waals surface area contributed by atoms with Gasteiger partial charge in [0.1, 0.15) is 17.6 Å². The third-order valence-corrected chi connectivity index (χ3v) is 5.83. The molecule has 2 N–H and O–H groups in total. The summed E-state index contributed by atoms with van der Waals surface area (Å²) in [7, 11) is 0. The SMILES string of the molecule is O=C(c1ccoc1)N1CC[C@@]2(C1)Nc1cccnc1NC2=NC1CCCC1. The summed E-state index contributed by atoms with van der Waals surface area (Å²) in [4.78, 5) is 24.2. The first-order valence-electron chi connectivity index (χ1n) is 9.63. The number of amidine groups is 1. The maximum Gasteiger partial charge on any atom is 0.257 e. The van der Waals surface area contributed by atoms with E-state index in [1.807, 2.05) is 17.0 Å². The molecular formula is C20H23N5O2. The van der Waals surface area contributed by atoms with Crippen LogP contribution in [0.15, 0.2) is 46.3 Å². The van der Waals surface area contributed by atoms with Gasteiger partial charge in [0, 0.05) is 12.7 Å². The summed E-state index contributed by atoms with van der Waals surface area (Å²) < 4.78 is 5.08. The predicted molar refractivity (Wildman–Crippen MR) is 103 cm³/mol. The number of aromatic nitrogens is 1. The summed E-state index contributed by atoms with van der Waals surface area (Å²) in [5, 5.41) is 7.12. The Bertz CT molecular complexity index is 872. The largest absolute Gasteiger partial charge is 0.472 e. The summed E-state index contributed by atoms with van der Waals surface area (Å²) >= 11 is 0. The number of nitrogens with zero attached hydrogens (tertiary/aromatic N) is 3. The van der Waals surface area contributed by atoms with Gasteiger partial charge in [-0.25, -0.2) is 4.98 Å². The van der Waals surface area contributed by atoms with Crippen LogP contribution in [0.25, 0.3) is 0 Å². The molecule has 2 aliphatic heterocycles. The van der Waals surface area contributed by atoms with E-state index in [1.54, 1.807) is 12.3 Å². The van der Waals surface area contributed by atoms with Crippen LogP contribution >= 0.6 is 0 Å². The van der Waals surface area contributed by atoms with E-state index in [4.69, 9.17) is 9.41 Å².